The second kappa shape index (κ2) is 23.3. The number of carbonyl (C=O) groups excluding carboxylic acids is 5. The quantitative estimate of drug-likeness (QED) is 0.0465. The molecule has 7 N–H and O–H groups in total. The van der Waals surface area contributed by atoms with Gasteiger partial charge in [0.25, 0.3) is 6.92 Å². The van der Waals surface area contributed by atoms with E-state index in [4.69, 9.17) is 23.1 Å². The molecule has 2 amide bonds. The highest BCUT2D eigenvalue weighted by atomic mass is 35.5. The van der Waals surface area contributed by atoms with E-state index in [9.17, 15) is 29.0 Å². The molecule has 2 aromatic carbocycles. The number of benzene rings is 2. The molecule has 0 aliphatic carbocycles. The smallest absolute Gasteiger partial charge is 0.289 e. The van der Waals surface area contributed by atoms with Crippen LogP contribution in [0.4, 0.5) is 0 Å². The van der Waals surface area contributed by atoms with Crippen LogP contribution >= 0.6 is 11.6 Å². The van der Waals surface area contributed by atoms with Crippen molar-refractivity contribution in [3.8, 4) is 11.1 Å². The third kappa shape index (κ3) is 15.7. The number of Topliss-reactive ketones (excluding diaryl/α,β-unsaturated/α-hetero) is 3. The lowest BCUT2D eigenvalue weighted by Crippen LogP contribution is -2.47. The maximum atomic E-state index is 13.8. The highest BCUT2D eigenvalue weighted by Crippen LogP contribution is 2.24. The first-order chi connectivity index (χ1) is 24.7. The Morgan fingerprint density at radius 2 is 1.23 bits per heavy atom. The maximum Gasteiger partial charge on any atom is 0.289 e. The molecule has 1 unspecified atom stereocenters. The first-order valence-electron chi connectivity index (χ1n) is 18.8. The van der Waals surface area contributed by atoms with Crippen LogP contribution in [-0.2, 0) is 19.2 Å². The minimum absolute atomic E-state index is 0.0296. The van der Waals surface area contributed by atoms with Gasteiger partial charge in [0.05, 0.1) is 12.1 Å². The molecule has 0 aliphatic rings. The molecule has 286 valence electrons. The molecule has 52 heavy (non-hydrogen) atoms. The number of unbranched alkanes of at least 4 members (excludes halogenated alkanes) is 2. The molecule has 0 radical (unpaired) electrons. The number of halogens is 1. The van der Waals surface area contributed by atoms with Gasteiger partial charge in [-0.15, -0.1) is 0 Å². The summed E-state index contributed by atoms with van der Waals surface area (Å²) in [5.74, 6) is -3.00. The van der Waals surface area contributed by atoms with Gasteiger partial charge in [-0.25, -0.2) is 0 Å². The minimum Gasteiger partial charge on any atom is -0.450 e. The normalized spacial score (nSPS) is 14.2. The van der Waals surface area contributed by atoms with Crippen molar-refractivity contribution >= 4 is 47.7 Å². The zero-order chi connectivity index (χ0) is 38.8. The van der Waals surface area contributed by atoms with Gasteiger partial charge in [0, 0.05) is 41.7 Å². The zero-order valence-electron chi connectivity index (χ0n) is 31.7. The summed E-state index contributed by atoms with van der Waals surface area (Å²) in [6.45, 7) is 9.20. The number of rotatable bonds is 25. The third-order valence-electron chi connectivity index (χ3n) is 9.56. The Hall–Kier alpha value is -3.38. The maximum absolute atomic E-state index is 13.8. The van der Waals surface area contributed by atoms with Gasteiger partial charge < -0.3 is 27.1 Å². The summed E-state index contributed by atoms with van der Waals surface area (Å²) < 4.78 is 0. The molecule has 2 rings (SSSR count). The summed E-state index contributed by atoms with van der Waals surface area (Å²) >= 11 is 6.02. The van der Waals surface area contributed by atoms with Gasteiger partial charge in [-0.2, -0.15) is 0 Å². The predicted octanol–water partition coefficient (Wildman–Crippen LogP) is 6.03. The highest BCUT2D eigenvalue weighted by Gasteiger charge is 2.31. The molecule has 0 fully saturated rings. The Morgan fingerprint density at radius 3 is 1.77 bits per heavy atom. The SMILES string of the molecule is CB(O)[C@H](C)CC(=O)[C@H](CC(C)C)NC(=O)[C@H](C)CC(=O)C(CCCCN)NC(=O)[C@H](CCCCN)CC(=O)c1ccc(-c2ccc(Cl)cc2)cc1. The number of hydrogen-bond donors (Lipinski definition) is 5. The number of amides is 2. The Bertz CT molecular complexity index is 1440. The van der Waals surface area contributed by atoms with Crippen molar-refractivity contribution in [1.29, 1.82) is 0 Å². The molecule has 0 saturated carbocycles. The summed E-state index contributed by atoms with van der Waals surface area (Å²) in [4.78, 5) is 67.3. The van der Waals surface area contributed by atoms with E-state index in [1.165, 1.54) is 0 Å². The lowest BCUT2D eigenvalue weighted by atomic mass is 9.58. The van der Waals surface area contributed by atoms with Crippen LogP contribution in [0.25, 0.3) is 11.1 Å². The Morgan fingerprint density at radius 1 is 0.712 bits per heavy atom. The molecule has 0 aromatic heterocycles. The van der Waals surface area contributed by atoms with Crippen molar-refractivity contribution in [2.24, 2.45) is 29.2 Å². The standard InChI is InChI=1S/C40H60BClN4O6/c1-26(2)22-35(38(49)24-28(4)41(5)52)46-39(50)27(3)23-37(48)34(11-7-9-21-44)45-40(51)32(10-6-8-20-43)25-36(47)31-14-12-29(13-15-31)30-16-18-33(42)19-17-30/h12-19,26-28,32,34-35,52H,6-11,20-25,43-44H2,1-5H3,(H,45,51)(H,46,50)/t27-,28-,32-,34?,35+/m1/s1. The fourth-order valence-electron chi connectivity index (χ4n) is 6.01. The first-order valence-corrected chi connectivity index (χ1v) is 19.2. The third-order valence-corrected chi connectivity index (χ3v) is 9.81. The van der Waals surface area contributed by atoms with Gasteiger partial charge in [-0.1, -0.05) is 88.9 Å². The molecule has 0 saturated heterocycles. The van der Waals surface area contributed by atoms with E-state index >= 15 is 0 Å². The van der Waals surface area contributed by atoms with Crippen molar-refractivity contribution in [1.82, 2.24) is 10.6 Å². The van der Waals surface area contributed by atoms with Crippen LogP contribution in [0.2, 0.25) is 17.7 Å². The van der Waals surface area contributed by atoms with E-state index in [1.54, 1.807) is 44.9 Å². The predicted molar refractivity (Wildman–Crippen MR) is 210 cm³/mol. The number of carbonyl (C=O) groups is 5. The number of nitrogens with one attached hydrogen (secondary N) is 2. The molecule has 0 spiro atoms. The van der Waals surface area contributed by atoms with Gasteiger partial charge in [0.2, 0.25) is 11.8 Å². The van der Waals surface area contributed by atoms with Gasteiger partial charge in [-0.05, 0) is 86.6 Å². The molecule has 0 heterocycles. The molecular formula is C40H60BClN4O6. The molecule has 0 bridgehead atoms. The average Bonchev–Trinajstić information content (AvgIpc) is 3.10. The molecule has 10 nitrogen and oxygen atoms in total. The van der Waals surface area contributed by atoms with Crippen molar-refractivity contribution in [3.05, 3.63) is 59.1 Å². The van der Waals surface area contributed by atoms with Crippen molar-refractivity contribution in [2.75, 3.05) is 13.1 Å². The van der Waals surface area contributed by atoms with Crippen LogP contribution in [0, 0.1) is 17.8 Å². The van der Waals surface area contributed by atoms with Crippen molar-refractivity contribution in [2.45, 2.75) is 117 Å². The average molecular weight is 739 g/mol. The van der Waals surface area contributed by atoms with Gasteiger partial charge in [-0.3, -0.25) is 24.0 Å². The van der Waals surface area contributed by atoms with Crippen molar-refractivity contribution in [3.63, 3.8) is 0 Å². The van der Waals surface area contributed by atoms with Crippen LogP contribution in [0.15, 0.2) is 48.5 Å². The summed E-state index contributed by atoms with van der Waals surface area (Å²) in [6.07, 6.45) is 3.76. The summed E-state index contributed by atoms with van der Waals surface area (Å²) in [7, 11) is 0. The van der Waals surface area contributed by atoms with Gasteiger partial charge >= 0.3 is 0 Å². The van der Waals surface area contributed by atoms with Crippen LogP contribution in [0.3, 0.4) is 0 Å². The Balaban J connectivity index is 2.17. The van der Waals surface area contributed by atoms with E-state index in [-0.39, 0.29) is 54.3 Å². The Kier molecular flexibility index (Phi) is 20.1. The number of nitrogens with two attached hydrogens (primary N) is 2. The van der Waals surface area contributed by atoms with Crippen LogP contribution in [-0.4, -0.2) is 66.3 Å². The number of ketones is 3. The van der Waals surface area contributed by atoms with E-state index in [0.29, 0.717) is 68.6 Å². The second-order valence-corrected chi connectivity index (χ2v) is 15.1. The molecular weight excluding hydrogens is 679 g/mol. The topological polar surface area (TPSA) is 182 Å². The first kappa shape index (κ1) is 44.8. The van der Waals surface area contributed by atoms with E-state index in [0.717, 1.165) is 11.1 Å². The molecule has 5 atom stereocenters. The zero-order valence-corrected chi connectivity index (χ0v) is 32.4. The van der Waals surface area contributed by atoms with E-state index in [1.807, 2.05) is 38.1 Å². The van der Waals surface area contributed by atoms with Crippen molar-refractivity contribution < 1.29 is 29.0 Å². The van der Waals surface area contributed by atoms with Gasteiger partial charge in [0.1, 0.15) is 0 Å². The second-order valence-electron chi connectivity index (χ2n) is 14.7. The van der Waals surface area contributed by atoms with Crippen LogP contribution in [0.1, 0.15) is 102 Å². The lowest BCUT2D eigenvalue weighted by Gasteiger charge is -2.25. The summed E-state index contributed by atoms with van der Waals surface area (Å²) in [5, 5.41) is 16.3. The molecule has 0 aliphatic heterocycles. The summed E-state index contributed by atoms with van der Waals surface area (Å²) in [6, 6.07) is 13.0. The molecule has 12 heteroatoms. The highest BCUT2D eigenvalue weighted by molar-refractivity contribution is 6.50. The fraction of sp³-hybridized carbons (Fsp3) is 0.575. The van der Waals surface area contributed by atoms with Gasteiger partial charge in [0.15, 0.2) is 17.3 Å². The van der Waals surface area contributed by atoms with E-state index < -0.39 is 36.7 Å². The summed E-state index contributed by atoms with van der Waals surface area (Å²) in [5.41, 5.74) is 13.8. The van der Waals surface area contributed by atoms with Crippen LogP contribution in [0.5, 0.6) is 0 Å². The Labute approximate surface area is 315 Å². The minimum atomic E-state index is -0.861. The largest absolute Gasteiger partial charge is 0.450 e. The fourth-order valence-corrected chi connectivity index (χ4v) is 6.14. The van der Waals surface area contributed by atoms with E-state index in [2.05, 4.69) is 10.6 Å². The lowest BCUT2D eigenvalue weighted by molar-refractivity contribution is -0.134. The number of hydrogen-bond acceptors (Lipinski definition) is 8. The molecule has 2 aromatic rings. The monoisotopic (exact) mass is 738 g/mol. The van der Waals surface area contributed by atoms with Crippen LogP contribution < -0.4 is 22.1 Å².